The van der Waals surface area contributed by atoms with E-state index < -0.39 is 0 Å². The number of aromatic nitrogens is 2. The van der Waals surface area contributed by atoms with Crippen LogP contribution in [0.5, 0.6) is 11.5 Å². The number of Topliss-reactive ketones (excluding diaryl/α,β-unsaturated/α-hetero) is 1. The fourth-order valence-electron chi connectivity index (χ4n) is 3.11. The predicted molar refractivity (Wildman–Crippen MR) is 123 cm³/mol. The van der Waals surface area contributed by atoms with Crippen molar-refractivity contribution in [3.8, 4) is 11.5 Å². The Morgan fingerprint density at radius 3 is 2.47 bits per heavy atom. The van der Waals surface area contributed by atoms with Gasteiger partial charge >= 0.3 is 6.03 Å². The van der Waals surface area contributed by atoms with Gasteiger partial charge in [0.2, 0.25) is 0 Å². The van der Waals surface area contributed by atoms with Gasteiger partial charge in [0.1, 0.15) is 23.0 Å². The van der Waals surface area contributed by atoms with Crippen LogP contribution in [0.15, 0.2) is 79.1 Å². The SMILES string of the molecule is CCC(=O)c1cc(Oc2ccc(CNC(=O)Nc3cc4ccccc4cn3)cc2)ccn1. The van der Waals surface area contributed by atoms with Gasteiger partial charge < -0.3 is 10.1 Å². The molecule has 0 spiro atoms. The molecule has 2 heterocycles. The molecule has 2 amide bonds. The molecule has 7 nitrogen and oxygen atoms in total. The van der Waals surface area contributed by atoms with Crippen LogP contribution in [0.1, 0.15) is 29.4 Å². The number of ether oxygens (including phenoxy) is 1. The Hall–Kier alpha value is -4.26. The number of amides is 2. The van der Waals surface area contributed by atoms with Gasteiger partial charge in [-0.05, 0) is 35.2 Å². The second kappa shape index (κ2) is 9.70. The van der Waals surface area contributed by atoms with E-state index in [0.717, 1.165) is 16.3 Å². The predicted octanol–water partition coefficient (Wildman–Crippen LogP) is 5.34. The highest BCUT2D eigenvalue weighted by Gasteiger charge is 2.07. The third kappa shape index (κ3) is 5.26. The third-order valence-corrected chi connectivity index (χ3v) is 4.82. The summed E-state index contributed by atoms with van der Waals surface area (Å²) in [5, 5.41) is 7.59. The van der Waals surface area contributed by atoms with E-state index in [2.05, 4.69) is 20.6 Å². The number of rotatable bonds is 7. The highest BCUT2D eigenvalue weighted by molar-refractivity contribution is 5.94. The van der Waals surface area contributed by atoms with Crippen molar-refractivity contribution in [1.29, 1.82) is 0 Å². The number of carbonyl (C=O) groups excluding carboxylic acids is 2. The van der Waals surface area contributed by atoms with Crippen molar-refractivity contribution in [3.05, 3.63) is 90.4 Å². The second-order valence-corrected chi connectivity index (χ2v) is 7.12. The number of fused-ring (bicyclic) bond motifs is 1. The van der Waals surface area contributed by atoms with E-state index in [4.69, 9.17) is 4.74 Å². The van der Waals surface area contributed by atoms with E-state index in [9.17, 15) is 9.59 Å². The monoisotopic (exact) mass is 426 g/mol. The van der Waals surface area contributed by atoms with Crippen LogP contribution < -0.4 is 15.4 Å². The van der Waals surface area contributed by atoms with Gasteiger partial charge in [0, 0.05) is 36.8 Å². The van der Waals surface area contributed by atoms with Crippen LogP contribution in [0.4, 0.5) is 10.6 Å². The molecule has 0 atom stereocenters. The van der Waals surface area contributed by atoms with Gasteiger partial charge in [-0.3, -0.25) is 15.1 Å². The average molecular weight is 426 g/mol. The first kappa shape index (κ1) is 21.0. The first-order valence-electron chi connectivity index (χ1n) is 10.3. The van der Waals surface area contributed by atoms with Gasteiger partial charge in [-0.1, -0.05) is 43.3 Å². The van der Waals surface area contributed by atoms with Crippen molar-refractivity contribution in [2.45, 2.75) is 19.9 Å². The van der Waals surface area contributed by atoms with Crippen LogP contribution in [0.3, 0.4) is 0 Å². The van der Waals surface area contributed by atoms with Gasteiger partial charge in [0.25, 0.3) is 0 Å². The molecule has 0 aliphatic rings. The number of hydrogen-bond acceptors (Lipinski definition) is 5. The van der Waals surface area contributed by atoms with Crippen molar-refractivity contribution in [2.24, 2.45) is 0 Å². The zero-order valence-electron chi connectivity index (χ0n) is 17.5. The summed E-state index contributed by atoms with van der Waals surface area (Å²) in [5.41, 5.74) is 1.30. The zero-order chi connectivity index (χ0) is 22.3. The van der Waals surface area contributed by atoms with E-state index in [-0.39, 0.29) is 11.8 Å². The van der Waals surface area contributed by atoms with Crippen LogP contribution in [-0.4, -0.2) is 21.8 Å². The second-order valence-electron chi connectivity index (χ2n) is 7.12. The summed E-state index contributed by atoms with van der Waals surface area (Å²) in [5.74, 6) is 1.63. The van der Waals surface area contributed by atoms with E-state index in [1.807, 2.05) is 54.6 Å². The van der Waals surface area contributed by atoms with Gasteiger partial charge in [0.15, 0.2) is 5.78 Å². The Morgan fingerprint density at radius 2 is 1.69 bits per heavy atom. The molecule has 0 bridgehead atoms. The number of anilines is 1. The maximum Gasteiger partial charge on any atom is 0.320 e. The Balaban J connectivity index is 1.31. The molecule has 0 saturated heterocycles. The highest BCUT2D eigenvalue weighted by atomic mass is 16.5. The summed E-state index contributed by atoms with van der Waals surface area (Å²) in [6, 6.07) is 20.0. The largest absolute Gasteiger partial charge is 0.457 e. The van der Waals surface area contributed by atoms with Crippen molar-refractivity contribution in [3.63, 3.8) is 0 Å². The summed E-state index contributed by atoms with van der Waals surface area (Å²) in [6.07, 6.45) is 3.68. The number of carbonyl (C=O) groups is 2. The van der Waals surface area contributed by atoms with E-state index in [1.165, 1.54) is 0 Å². The molecule has 4 rings (SSSR count). The molecule has 0 aliphatic heterocycles. The molecule has 0 radical (unpaired) electrons. The topological polar surface area (TPSA) is 93.2 Å². The van der Waals surface area contributed by atoms with Crippen LogP contribution >= 0.6 is 0 Å². The van der Waals surface area contributed by atoms with Gasteiger partial charge in [0.05, 0.1) is 0 Å². The molecule has 7 heteroatoms. The van der Waals surface area contributed by atoms with E-state index in [1.54, 1.807) is 31.5 Å². The minimum atomic E-state index is -0.335. The fourth-order valence-corrected chi connectivity index (χ4v) is 3.11. The minimum absolute atomic E-state index is 0.0333. The zero-order valence-corrected chi connectivity index (χ0v) is 17.5. The fraction of sp³-hybridized carbons (Fsp3) is 0.120. The van der Waals surface area contributed by atoms with Gasteiger partial charge in [-0.2, -0.15) is 0 Å². The summed E-state index contributed by atoms with van der Waals surface area (Å²) in [7, 11) is 0. The highest BCUT2D eigenvalue weighted by Crippen LogP contribution is 2.22. The quantitative estimate of drug-likeness (QED) is 0.389. The lowest BCUT2D eigenvalue weighted by molar-refractivity contribution is 0.0983. The van der Waals surface area contributed by atoms with E-state index >= 15 is 0 Å². The molecule has 0 unspecified atom stereocenters. The number of nitrogens with one attached hydrogen (secondary N) is 2. The molecule has 160 valence electrons. The number of hydrogen-bond donors (Lipinski definition) is 2. The Labute approximate surface area is 185 Å². The molecule has 0 saturated carbocycles. The molecule has 0 fully saturated rings. The lowest BCUT2D eigenvalue weighted by atomic mass is 10.2. The number of ketones is 1. The van der Waals surface area contributed by atoms with Crippen molar-refractivity contribution in [1.82, 2.24) is 15.3 Å². The lowest BCUT2D eigenvalue weighted by Crippen LogP contribution is -2.28. The van der Waals surface area contributed by atoms with Crippen LogP contribution in [-0.2, 0) is 6.54 Å². The van der Waals surface area contributed by atoms with Gasteiger partial charge in [-0.25, -0.2) is 9.78 Å². The number of pyridine rings is 2. The number of nitrogens with zero attached hydrogens (tertiary/aromatic N) is 2. The Morgan fingerprint density at radius 1 is 0.906 bits per heavy atom. The summed E-state index contributed by atoms with van der Waals surface area (Å²) in [6.45, 7) is 2.15. The molecular formula is C25H22N4O3. The summed E-state index contributed by atoms with van der Waals surface area (Å²) < 4.78 is 5.81. The van der Waals surface area contributed by atoms with Crippen LogP contribution in [0, 0.1) is 0 Å². The average Bonchev–Trinajstić information content (AvgIpc) is 2.83. The Bertz CT molecular complexity index is 1260. The van der Waals surface area contributed by atoms with Crippen LogP contribution in [0.2, 0.25) is 0 Å². The first-order chi connectivity index (χ1) is 15.6. The normalized spacial score (nSPS) is 10.5. The van der Waals surface area contributed by atoms with E-state index in [0.29, 0.717) is 36.0 Å². The molecule has 0 aliphatic carbocycles. The first-order valence-corrected chi connectivity index (χ1v) is 10.3. The number of urea groups is 1. The molecule has 2 N–H and O–H groups in total. The smallest absolute Gasteiger partial charge is 0.320 e. The molecule has 2 aromatic carbocycles. The molecular weight excluding hydrogens is 404 g/mol. The van der Waals surface area contributed by atoms with Crippen molar-refractivity contribution >= 4 is 28.4 Å². The third-order valence-electron chi connectivity index (χ3n) is 4.82. The maximum atomic E-state index is 12.2. The number of benzene rings is 2. The van der Waals surface area contributed by atoms with Crippen molar-refractivity contribution in [2.75, 3.05) is 5.32 Å². The minimum Gasteiger partial charge on any atom is -0.457 e. The lowest BCUT2D eigenvalue weighted by Gasteiger charge is -2.09. The van der Waals surface area contributed by atoms with Crippen molar-refractivity contribution < 1.29 is 14.3 Å². The van der Waals surface area contributed by atoms with Crippen LogP contribution in [0.25, 0.3) is 10.8 Å². The summed E-state index contributed by atoms with van der Waals surface area (Å²) >= 11 is 0. The maximum absolute atomic E-state index is 12.2. The Kier molecular flexibility index (Phi) is 6.36. The van der Waals surface area contributed by atoms with Gasteiger partial charge in [-0.15, -0.1) is 0 Å². The molecule has 32 heavy (non-hydrogen) atoms. The standard InChI is InChI=1S/C25H22N4O3/c1-2-23(30)22-14-21(11-12-26-22)32-20-9-7-17(8-10-20)15-28-25(31)29-24-13-18-5-3-4-6-19(18)16-27-24/h3-14,16H,2,15H2,1H3,(H2,27,28,29,31). The summed E-state index contributed by atoms with van der Waals surface area (Å²) in [4.78, 5) is 32.4. The molecule has 4 aromatic rings. The molecule has 2 aromatic heterocycles.